The highest BCUT2D eigenvalue weighted by molar-refractivity contribution is 7.97. The molecule has 1 rings (SSSR count). The third-order valence-electron chi connectivity index (χ3n) is 2.39. The summed E-state index contributed by atoms with van der Waals surface area (Å²) in [6.07, 6.45) is 1.82. The number of para-hydroxylation sites is 1. The minimum atomic E-state index is -0.0285. The summed E-state index contributed by atoms with van der Waals surface area (Å²) in [5.74, 6) is 0.803. The summed E-state index contributed by atoms with van der Waals surface area (Å²) in [4.78, 5) is 11.3. The van der Waals surface area contributed by atoms with Gasteiger partial charge in [-0.2, -0.15) is 0 Å². The zero-order chi connectivity index (χ0) is 12.7. The van der Waals surface area contributed by atoms with E-state index in [0.717, 1.165) is 11.3 Å². The van der Waals surface area contributed by atoms with Crippen molar-refractivity contribution in [2.24, 2.45) is 0 Å². The average molecular weight is 254 g/mol. The van der Waals surface area contributed by atoms with Gasteiger partial charge in [0.25, 0.3) is 0 Å². The van der Waals surface area contributed by atoms with Crippen molar-refractivity contribution >= 4 is 17.9 Å². The zero-order valence-corrected chi connectivity index (χ0v) is 11.1. The number of methoxy groups -OCH3 is 1. The molecular formula is C12H18N2O2S. The van der Waals surface area contributed by atoms with Crippen molar-refractivity contribution in [3.05, 3.63) is 29.8 Å². The number of carbonyl (C=O) groups excluding carboxylic acids is 1. The maximum Gasteiger partial charge on any atom is 0.243 e. The molecule has 0 saturated carbocycles. The smallest absolute Gasteiger partial charge is 0.243 e. The molecule has 0 bridgehead atoms. The van der Waals surface area contributed by atoms with Gasteiger partial charge in [-0.25, -0.2) is 0 Å². The van der Waals surface area contributed by atoms with Crippen molar-refractivity contribution in [2.45, 2.75) is 13.0 Å². The highest BCUT2D eigenvalue weighted by atomic mass is 32.2. The number of hydrogen-bond donors (Lipinski definition) is 2. The Bertz CT molecular complexity index is 371. The molecule has 0 fully saturated rings. The Balaban J connectivity index is 2.57. The van der Waals surface area contributed by atoms with Crippen molar-refractivity contribution in [3.8, 4) is 5.75 Å². The molecule has 4 nitrogen and oxygen atoms in total. The lowest BCUT2D eigenvalue weighted by molar-refractivity contribution is -0.118. The van der Waals surface area contributed by atoms with Gasteiger partial charge in [-0.05, 0) is 13.0 Å². The topological polar surface area (TPSA) is 50.4 Å². The van der Waals surface area contributed by atoms with Crippen LogP contribution in [0.2, 0.25) is 0 Å². The average Bonchev–Trinajstić information content (AvgIpc) is 2.36. The molecule has 1 aromatic carbocycles. The van der Waals surface area contributed by atoms with Gasteiger partial charge in [0.1, 0.15) is 5.75 Å². The second-order valence-corrected chi connectivity index (χ2v) is 4.19. The Morgan fingerprint density at radius 3 is 2.82 bits per heavy atom. The molecule has 17 heavy (non-hydrogen) atoms. The molecule has 0 unspecified atom stereocenters. The highest BCUT2D eigenvalue weighted by Gasteiger charge is 2.11. The van der Waals surface area contributed by atoms with Crippen molar-refractivity contribution in [2.75, 3.05) is 19.9 Å². The predicted molar refractivity (Wildman–Crippen MR) is 71.1 cm³/mol. The van der Waals surface area contributed by atoms with Crippen LogP contribution in [0.1, 0.15) is 18.5 Å². The first kappa shape index (κ1) is 13.9. The fourth-order valence-corrected chi connectivity index (χ4v) is 1.83. The molecule has 1 atom stereocenters. The Labute approximate surface area is 106 Å². The molecule has 1 amide bonds. The zero-order valence-electron chi connectivity index (χ0n) is 10.3. The number of ether oxygens (including phenoxy) is 1. The number of nitrogens with one attached hydrogen (secondary N) is 2. The van der Waals surface area contributed by atoms with E-state index >= 15 is 0 Å². The van der Waals surface area contributed by atoms with E-state index in [0.29, 0.717) is 6.54 Å². The van der Waals surface area contributed by atoms with Crippen LogP contribution in [0.25, 0.3) is 0 Å². The maximum atomic E-state index is 11.3. The van der Waals surface area contributed by atoms with E-state index in [2.05, 4.69) is 10.0 Å². The number of benzene rings is 1. The third kappa shape index (κ3) is 4.28. The molecule has 94 valence electrons. The van der Waals surface area contributed by atoms with E-state index in [4.69, 9.17) is 4.74 Å². The molecule has 0 aromatic heterocycles. The summed E-state index contributed by atoms with van der Waals surface area (Å²) >= 11 is 1.30. The van der Waals surface area contributed by atoms with Crippen LogP contribution in [-0.4, -0.2) is 25.8 Å². The molecule has 0 aliphatic heterocycles. The van der Waals surface area contributed by atoms with Gasteiger partial charge in [0.2, 0.25) is 5.91 Å². The van der Waals surface area contributed by atoms with Crippen LogP contribution in [-0.2, 0) is 4.79 Å². The van der Waals surface area contributed by atoms with Gasteiger partial charge >= 0.3 is 0 Å². The van der Waals surface area contributed by atoms with Crippen molar-refractivity contribution in [1.29, 1.82) is 0 Å². The molecule has 5 heteroatoms. The second kappa shape index (κ2) is 7.19. The van der Waals surface area contributed by atoms with E-state index < -0.39 is 0 Å². The van der Waals surface area contributed by atoms with Crippen molar-refractivity contribution < 1.29 is 9.53 Å². The molecule has 0 heterocycles. The number of amides is 1. The predicted octanol–water partition coefficient (Wildman–Crippen LogP) is 1.74. The number of rotatable bonds is 6. The maximum absolute atomic E-state index is 11.3. The van der Waals surface area contributed by atoms with Crippen LogP contribution >= 0.6 is 11.9 Å². The molecule has 0 aliphatic rings. The lowest BCUT2D eigenvalue weighted by atomic mass is 10.1. The monoisotopic (exact) mass is 254 g/mol. The molecule has 0 aliphatic carbocycles. The van der Waals surface area contributed by atoms with Crippen molar-refractivity contribution in [3.63, 3.8) is 0 Å². The summed E-state index contributed by atoms with van der Waals surface area (Å²) in [5, 5.41) is 3.15. The molecular weight excluding hydrogens is 236 g/mol. The highest BCUT2D eigenvalue weighted by Crippen LogP contribution is 2.23. The number of hydrogen-bond acceptors (Lipinski definition) is 4. The van der Waals surface area contributed by atoms with E-state index in [1.165, 1.54) is 11.9 Å². The minimum absolute atomic E-state index is 0.0285. The fourth-order valence-electron chi connectivity index (χ4n) is 1.53. The largest absolute Gasteiger partial charge is 0.496 e. The van der Waals surface area contributed by atoms with Crippen LogP contribution in [0.5, 0.6) is 5.75 Å². The van der Waals surface area contributed by atoms with Crippen LogP contribution < -0.4 is 14.8 Å². The number of carbonyl (C=O) groups is 1. The van der Waals surface area contributed by atoms with Crippen LogP contribution in [0.15, 0.2) is 24.3 Å². The summed E-state index contributed by atoms with van der Waals surface area (Å²) < 4.78 is 7.94. The van der Waals surface area contributed by atoms with Crippen LogP contribution in [0.3, 0.4) is 0 Å². The molecule has 0 radical (unpaired) electrons. The summed E-state index contributed by atoms with van der Waals surface area (Å²) in [5.41, 5.74) is 1.05. The van der Waals surface area contributed by atoms with Gasteiger partial charge in [-0.1, -0.05) is 30.1 Å². The van der Waals surface area contributed by atoms with E-state index in [9.17, 15) is 4.79 Å². The summed E-state index contributed by atoms with van der Waals surface area (Å²) in [6.45, 7) is 2.30. The SMILES string of the molecule is COc1ccccc1[C@H](C)NCC(=O)NSC. The normalized spacial score (nSPS) is 11.9. The quantitative estimate of drug-likeness (QED) is 0.759. The lowest BCUT2D eigenvalue weighted by Gasteiger charge is -2.16. The summed E-state index contributed by atoms with van der Waals surface area (Å²) in [7, 11) is 1.64. The summed E-state index contributed by atoms with van der Waals surface area (Å²) in [6, 6.07) is 7.85. The first-order chi connectivity index (χ1) is 8.19. The molecule has 2 N–H and O–H groups in total. The van der Waals surface area contributed by atoms with Crippen LogP contribution in [0, 0.1) is 0 Å². The van der Waals surface area contributed by atoms with E-state index in [1.54, 1.807) is 7.11 Å². The second-order valence-electron chi connectivity index (χ2n) is 3.57. The van der Waals surface area contributed by atoms with Gasteiger partial charge in [0.05, 0.1) is 13.7 Å². The van der Waals surface area contributed by atoms with Crippen molar-refractivity contribution in [1.82, 2.24) is 10.0 Å². The Kier molecular flexibility index (Phi) is 5.86. The van der Waals surface area contributed by atoms with Gasteiger partial charge in [0, 0.05) is 17.9 Å². The standard InChI is InChI=1S/C12H18N2O2S/c1-9(13-8-12(15)14-17-3)10-6-4-5-7-11(10)16-2/h4-7,9,13H,8H2,1-3H3,(H,14,15)/t9-/m0/s1. The lowest BCUT2D eigenvalue weighted by Crippen LogP contribution is -2.31. The van der Waals surface area contributed by atoms with E-state index in [-0.39, 0.29) is 11.9 Å². The van der Waals surface area contributed by atoms with Gasteiger partial charge in [-0.3, -0.25) is 9.52 Å². The molecule has 0 saturated heterocycles. The Morgan fingerprint density at radius 1 is 1.47 bits per heavy atom. The Morgan fingerprint density at radius 2 is 2.18 bits per heavy atom. The van der Waals surface area contributed by atoms with Gasteiger partial charge < -0.3 is 10.1 Å². The van der Waals surface area contributed by atoms with Gasteiger partial charge in [0.15, 0.2) is 0 Å². The first-order valence-corrected chi connectivity index (χ1v) is 6.59. The van der Waals surface area contributed by atoms with Gasteiger partial charge in [-0.15, -0.1) is 0 Å². The Hall–Kier alpha value is -1.20. The van der Waals surface area contributed by atoms with Crippen LogP contribution in [0.4, 0.5) is 0 Å². The van der Waals surface area contributed by atoms with E-state index in [1.807, 2.05) is 37.4 Å². The fraction of sp³-hybridized carbons (Fsp3) is 0.417. The third-order valence-corrected chi connectivity index (χ3v) is 2.82. The first-order valence-electron chi connectivity index (χ1n) is 5.37. The minimum Gasteiger partial charge on any atom is -0.496 e. The molecule has 1 aromatic rings. The molecule has 0 spiro atoms.